The van der Waals surface area contributed by atoms with Crippen molar-refractivity contribution >= 4 is 23.1 Å². The first-order valence-electron chi connectivity index (χ1n) is 17.5. The van der Waals surface area contributed by atoms with Crippen LogP contribution in [-0.4, -0.2) is 6.71 Å². The third kappa shape index (κ3) is 4.74. The van der Waals surface area contributed by atoms with E-state index in [-0.39, 0.29) is 6.71 Å². The lowest BCUT2D eigenvalue weighted by molar-refractivity contribution is 0.467. The van der Waals surface area contributed by atoms with Crippen molar-refractivity contribution in [1.29, 1.82) is 0 Å². The molecule has 2 nitrogen and oxygen atoms in total. The first-order chi connectivity index (χ1) is 25.3. The Morgan fingerprint density at radius 3 is 1.10 bits per heavy atom. The number of para-hydroxylation sites is 2. The van der Waals surface area contributed by atoms with E-state index in [0.29, 0.717) is 0 Å². The molecule has 0 N–H and O–H groups in total. The molecule has 0 aromatic heterocycles. The number of ether oxygens (including phenoxy) is 2. The van der Waals surface area contributed by atoms with E-state index >= 15 is 0 Å². The Hall–Kier alpha value is -6.58. The van der Waals surface area contributed by atoms with E-state index in [1.807, 2.05) is 0 Å². The van der Waals surface area contributed by atoms with Crippen LogP contribution < -0.4 is 25.9 Å². The Labute approximate surface area is 298 Å². The lowest BCUT2D eigenvalue weighted by Gasteiger charge is -2.37. The molecule has 8 aromatic carbocycles. The van der Waals surface area contributed by atoms with Crippen LogP contribution in [0, 0.1) is 0 Å². The van der Waals surface area contributed by atoms with Gasteiger partial charge in [0.2, 0.25) is 0 Å². The fourth-order valence-corrected chi connectivity index (χ4v) is 8.07. The molecule has 238 valence electrons. The maximum atomic E-state index is 7.19. The molecule has 0 radical (unpaired) electrons. The van der Waals surface area contributed by atoms with Gasteiger partial charge in [0, 0.05) is 22.2 Å². The molecule has 0 saturated heterocycles. The summed E-state index contributed by atoms with van der Waals surface area (Å²) >= 11 is 0. The smallest absolute Gasteiger partial charge is 0.260 e. The fourth-order valence-electron chi connectivity index (χ4n) is 8.07. The van der Waals surface area contributed by atoms with E-state index in [0.717, 1.165) is 95.0 Å². The van der Waals surface area contributed by atoms with Gasteiger partial charge in [0.1, 0.15) is 23.0 Å². The predicted molar refractivity (Wildman–Crippen MR) is 211 cm³/mol. The highest BCUT2D eigenvalue weighted by Crippen LogP contribution is 2.56. The third-order valence-electron chi connectivity index (χ3n) is 10.2. The first-order valence-corrected chi connectivity index (χ1v) is 17.5. The van der Waals surface area contributed by atoms with Gasteiger partial charge in [0.05, 0.1) is 0 Å². The van der Waals surface area contributed by atoms with E-state index in [9.17, 15) is 0 Å². The Balaban J connectivity index is 1.45. The van der Waals surface area contributed by atoms with Gasteiger partial charge >= 0.3 is 0 Å². The van der Waals surface area contributed by atoms with Crippen LogP contribution in [0.5, 0.6) is 23.0 Å². The monoisotopic (exact) mass is 650 g/mol. The summed E-state index contributed by atoms with van der Waals surface area (Å²) in [6.07, 6.45) is 0. The molecule has 10 rings (SSSR count). The minimum absolute atomic E-state index is 0.0677. The van der Waals surface area contributed by atoms with Crippen molar-refractivity contribution in [2.45, 2.75) is 0 Å². The summed E-state index contributed by atoms with van der Waals surface area (Å²) in [4.78, 5) is 0. The molecular weight excluding hydrogens is 619 g/mol. The quantitative estimate of drug-likeness (QED) is 0.173. The number of fused-ring (bicyclic) bond motifs is 4. The summed E-state index contributed by atoms with van der Waals surface area (Å²) < 4.78 is 14.4. The summed E-state index contributed by atoms with van der Waals surface area (Å²) in [6.45, 7) is -0.0677. The van der Waals surface area contributed by atoms with Crippen LogP contribution in [0.4, 0.5) is 0 Å². The number of hydrogen-bond acceptors (Lipinski definition) is 2. The van der Waals surface area contributed by atoms with Crippen LogP contribution in [0.15, 0.2) is 188 Å². The van der Waals surface area contributed by atoms with Crippen molar-refractivity contribution in [3.63, 3.8) is 0 Å². The van der Waals surface area contributed by atoms with Crippen LogP contribution in [0.3, 0.4) is 0 Å². The molecule has 0 amide bonds. The summed E-state index contributed by atoms with van der Waals surface area (Å²) in [5, 5.41) is 0. The Morgan fingerprint density at radius 2 is 0.667 bits per heavy atom. The lowest BCUT2D eigenvalue weighted by atomic mass is 9.34. The zero-order valence-electron chi connectivity index (χ0n) is 27.8. The normalized spacial score (nSPS) is 12.2. The Kier molecular flexibility index (Phi) is 6.95. The highest BCUT2D eigenvalue weighted by molar-refractivity contribution is 6.98. The van der Waals surface area contributed by atoms with Crippen molar-refractivity contribution < 1.29 is 9.47 Å². The second-order valence-corrected chi connectivity index (χ2v) is 13.1. The number of benzene rings is 8. The highest BCUT2D eigenvalue weighted by atomic mass is 16.5. The second-order valence-electron chi connectivity index (χ2n) is 13.1. The summed E-state index contributed by atoms with van der Waals surface area (Å²) in [6, 6.07) is 66.5. The van der Waals surface area contributed by atoms with Crippen LogP contribution in [0.1, 0.15) is 0 Å². The van der Waals surface area contributed by atoms with Crippen molar-refractivity contribution in [2.24, 2.45) is 0 Å². The molecule has 0 aliphatic carbocycles. The molecule has 2 aliphatic heterocycles. The minimum atomic E-state index is -0.0677. The van der Waals surface area contributed by atoms with Gasteiger partial charge < -0.3 is 9.47 Å². The molecule has 0 unspecified atom stereocenters. The first kappa shape index (κ1) is 29.4. The SMILES string of the molecule is c1ccc(-c2cccc(-c3ccccc3)c2-c2c(-c3ccccc3)c3c4c(c2-c2ccccc2)Oc2ccccc2B4c2ccccc2O3)cc1. The molecule has 2 heterocycles. The van der Waals surface area contributed by atoms with Gasteiger partial charge in [0.15, 0.2) is 0 Å². The number of hydrogen-bond donors (Lipinski definition) is 0. The molecular formula is C48H31BO2. The largest absolute Gasteiger partial charge is 0.458 e. The molecule has 0 spiro atoms. The molecule has 0 fully saturated rings. The van der Waals surface area contributed by atoms with Crippen LogP contribution in [0.2, 0.25) is 0 Å². The average molecular weight is 651 g/mol. The van der Waals surface area contributed by atoms with Gasteiger partial charge in [0.25, 0.3) is 6.71 Å². The zero-order valence-corrected chi connectivity index (χ0v) is 27.8. The predicted octanol–water partition coefficient (Wildman–Crippen LogP) is 10.7. The molecule has 2 aliphatic rings. The Bertz CT molecular complexity index is 2390. The average Bonchev–Trinajstić information content (AvgIpc) is 3.21. The zero-order chi connectivity index (χ0) is 33.7. The van der Waals surface area contributed by atoms with E-state index in [2.05, 4.69) is 188 Å². The van der Waals surface area contributed by atoms with E-state index in [1.165, 1.54) is 0 Å². The van der Waals surface area contributed by atoms with Gasteiger partial charge in [-0.05, 0) is 62.0 Å². The molecule has 51 heavy (non-hydrogen) atoms. The number of rotatable bonds is 5. The van der Waals surface area contributed by atoms with Crippen molar-refractivity contribution in [1.82, 2.24) is 0 Å². The van der Waals surface area contributed by atoms with Crippen LogP contribution in [-0.2, 0) is 0 Å². The maximum absolute atomic E-state index is 7.19. The van der Waals surface area contributed by atoms with Gasteiger partial charge in [-0.15, -0.1) is 0 Å². The van der Waals surface area contributed by atoms with E-state index < -0.39 is 0 Å². The second kappa shape index (κ2) is 12.1. The topological polar surface area (TPSA) is 18.5 Å². The summed E-state index contributed by atoms with van der Waals surface area (Å²) in [5.74, 6) is 3.41. The van der Waals surface area contributed by atoms with Gasteiger partial charge in [-0.1, -0.05) is 176 Å². The minimum Gasteiger partial charge on any atom is -0.458 e. The highest BCUT2D eigenvalue weighted by Gasteiger charge is 2.44. The van der Waals surface area contributed by atoms with E-state index in [4.69, 9.17) is 9.47 Å². The van der Waals surface area contributed by atoms with Crippen molar-refractivity contribution in [3.05, 3.63) is 188 Å². The molecule has 0 saturated carbocycles. The third-order valence-corrected chi connectivity index (χ3v) is 10.2. The molecule has 0 bridgehead atoms. The van der Waals surface area contributed by atoms with E-state index in [1.54, 1.807) is 0 Å². The van der Waals surface area contributed by atoms with Gasteiger partial charge in [-0.3, -0.25) is 0 Å². The molecule has 3 heteroatoms. The van der Waals surface area contributed by atoms with Crippen molar-refractivity contribution in [3.8, 4) is 78.6 Å². The summed E-state index contributed by atoms with van der Waals surface area (Å²) in [5.41, 5.74) is 14.4. The van der Waals surface area contributed by atoms with Crippen LogP contribution in [0.25, 0.3) is 55.6 Å². The maximum Gasteiger partial charge on any atom is 0.260 e. The molecule has 8 aromatic rings. The standard InChI is InChI=1S/C48H31BO2/c1-5-18-32(19-6-1)36-26-17-27-37(33-20-7-2-8-21-33)44(36)45-42(34-22-9-3-10-23-34)47-46-48(43(45)35-24-11-4-12-25-35)51-41-31-16-14-29-39(41)49(46)38-28-13-15-30-40(38)50-47/h1-31H. The van der Waals surface area contributed by atoms with Crippen LogP contribution >= 0.6 is 0 Å². The molecule has 0 atom stereocenters. The van der Waals surface area contributed by atoms with Crippen molar-refractivity contribution in [2.75, 3.05) is 0 Å². The fraction of sp³-hybridized carbons (Fsp3) is 0. The lowest BCUT2D eigenvalue weighted by Crippen LogP contribution is -2.57. The van der Waals surface area contributed by atoms with Gasteiger partial charge in [-0.2, -0.15) is 0 Å². The summed E-state index contributed by atoms with van der Waals surface area (Å²) in [7, 11) is 0. The van der Waals surface area contributed by atoms with Gasteiger partial charge in [-0.25, -0.2) is 0 Å². The Morgan fingerprint density at radius 1 is 0.294 bits per heavy atom.